The molecule has 0 spiro atoms. The van der Waals surface area contributed by atoms with E-state index in [2.05, 4.69) is 0 Å². The van der Waals surface area contributed by atoms with E-state index in [0.29, 0.717) is 0 Å². The molecule has 7 rings (SSSR count). The lowest BCUT2D eigenvalue weighted by Crippen LogP contribution is -2.67. The molecule has 15 atom stereocenters. The fourth-order valence-corrected chi connectivity index (χ4v) is 7.72. The molecule has 0 radical (unpaired) electrons. The molecule has 61 heavy (non-hydrogen) atoms. The van der Waals surface area contributed by atoms with Crippen molar-refractivity contribution in [2.75, 3.05) is 13.2 Å². The summed E-state index contributed by atoms with van der Waals surface area (Å²) in [5, 5.41) is 64.9. The van der Waals surface area contributed by atoms with Gasteiger partial charge in [0.15, 0.2) is 18.9 Å². The lowest BCUT2D eigenvalue weighted by molar-refractivity contribution is -0.391. The van der Waals surface area contributed by atoms with Crippen LogP contribution in [0.5, 0.6) is 0 Å². The Balaban J connectivity index is 1.22. The Bertz CT molecular complexity index is 1840. The van der Waals surface area contributed by atoms with Gasteiger partial charge >= 0.3 is 0 Å². The van der Waals surface area contributed by atoms with Crippen molar-refractivity contribution in [2.45, 2.75) is 125 Å². The molecule has 15 nitrogen and oxygen atoms in total. The van der Waals surface area contributed by atoms with E-state index < -0.39 is 105 Å². The predicted molar refractivity (Wildman–Crippen MR) is 216 cm³/mol. The fraction of sp³-hybridized carbons (Fsp3) is 0.478. The van der Waals surface area contributed by atoms with Gasteiger partial charge in [0.1, 0.15) is 67.1 Å². The minimum Gasteiger partial charge on any atom is -0.394 e. The monoisotopic (exact) mass is 848 g/mol. The number of hydrogen-bond donors (Lipinski definition) is 6. The first-order valence-electron chi connectivity index (χ1n) is 20.6. The molecule has 0 bridgehead atoms. The molecular weight excluding hydrogens is 792 g/mol. The summed E-state index contributed by atoms with van der Waals surface area (Å²) < 4.78 is 57.5. The zero-order chi connectivity index (χ0) is 42.7. The Morgan fingerprint density at radius 1 is 0.393 bits per heavy atom. The second-order valence-electron chi connectivity index (χ2n) is 15.4. The smallest absolute Gasteiger partial charge is 0.187 e. The number of aliphatic hydroxyl groups is 6. The van der Waals surface area contributed by atoms with Crippen molar-refractivity contribution < 1.29 is 73.3 Å². The highest BCUT2D eigenvalue weighted by Gasteiger charge is 2.55. The van der Waals surface area contributed by atoms with Crippen LogP contribution in [0.15, 0.2) is 121 Å². The molecule has 4 aromatic carbocycles. The molecule has 0 saturated carbocycles. The van der Waals surface area contributed by atoms with Crippen molar-refractivity contribution >= 4 is 0 Å². The SMILES string of the molecule is CC1O[C@@H](OC2C(O)[C@H](OCc3ccccc3)OC(CO)[C@H]2O[C@@H]2OC(CO)[C@H](O)C(O)C2O)C(OCc2ccccc2)C(OCc2ccccc2)[C@H]1OCc1ccccc1. The minimum atomic E-state index is -1.81. The first-order valence-corrected chi connectivity index (χ1v) is 20.6. The molecule has 0 aliphatic carbocycles. The van der Waals surface area contributed by atoms with Crippen LogP contribution >= 0.6 is 0 Å². The van der Waals surface area contributed by atoms with Crippen LogP contribution < -0.4 is 0 Å². The molecule has 0 amide bonds. The summed E-state index contributed by atoms with van der Waals surface area (Å²) in [6.45, 7) is 1.01. The molecule has 3 saturated heterocycles. The number of ether oxygens (including phenoxy) is 9. The van der Waals surface area contributed by atoms with Crippen LogP contribution in [-0.4, -0.2) is 136 Å². The van der Waals surface area contributed by atoms with Gasteiger partial charge in [-0.15, -0.1) is 0 Å². The maximum atomic E-state index is 12.1. The Morgan fingerprint density at radius 3 is 1.31 bits per heavy atom. The van der Waals surface area contributed by atoms with Crippen LogP contribution in [0, 0.1) is 0 Å². The Hall–Kier alpha value is -3.72. The van der Waals surface area contributed by atoms with Crippen LogP contribution in [-0.2, 0) is 69.1 Å². The third-order valence-corrected chi connectivity index (χ3v) is 11.1. The van der Waals surface area contributed by atoms with Gasteiger partial charge in [0.25, 0.3) is 0 Å². The Kier molecular flexibility index (Phi) is 16.4. The molecule has 3 fully saturated rings. The van der Waals surface area contributed by atoms with Crippen LogP contribution in [0.4, 0.5) is 0 Å². The number of aliphatic hydroxyl groups excluding tert-OH is 6. The third-order valence-electron chi connectivity index (χ3n) is 11.1. The molecule has 3 heterocycles. The second-order valence-corrected chi connectivity index (χ2v) is 15.4. The van der Waals surface area contributed by atoms with Crippen molar-refractivity contribution in [3.8, 4) is 0 Å². The fourth-order valence-electron chi connectivity index (χ4n) is 7.72. The summed E-state index contributed by atoms with van der Waals surface area (Å²) in [7, 11) is 0. The van der Waals surface area contributed by atoms with E-state index in [9.17, 15) is 30.6 Å². The summed E-state index contributed by atoms with van der Waals surface area (Å²) in [5.41, 5.74) is 3.48. The molecule has 0 aromatic heterocycles. The van der Waals surface area contributed by atoms with Crippen molar-refractivity contribution in [3.05, 3.63) is 144 Å². The molecule has 330 valence electrons. The molecule has 15 heteroatoms. The van der Waals surface area contributed by atoms with Gasteiger partial charge in [0.2, 0.25) is 0 Å². The van der Waals surface area contributed by atoms with Crippen molar-refractivity contribution in [1.29, 1.82) is 0 Å². The predicted octanol–water partition coefficient (Wildman–Crippen LogP) is 2.35. The van der Waals surface area contributed by atoms with E-state index in [4.69, 9.17) is 42.6 Å². The van der Waals surface area contributed by atoms with Gasteiger partial charge in [-0.3, -0.25) is 0 Å². The molecule has 9 unspecified atom stereocenters. The van der Waals surface area contributed by atoms with Crippen LogP contribution in [0.2, 0.25) is 0 Å². The van der Waals surface area contributed by atoms with E-state index in [0.717, 1.165) is 22.3 Å². The first-order chi connectivity index (χ1) is 29.7. The highest BCUT2D eigenvalue weighted by Crippen LogP contribution is 2.36. The van der Waals surface area contributed by atoms with E-state index >= 15 is 0 Å². The van der Waals surface area contributed by atoms with Gasteiger partial charge < -0.3 is 73.3 Å². The van der Waals surface area contributed by atoms with Gasteiger partial charge in [-0.1, -0.05) is 121 Å². The highest BCUT2D eigenvalue weighted by atomic mass is 16.8. The Morgan fingerprint density at radius 2 is 0.820 bits per heavy atom. The normalized spacial score (nSPS) is 34.2. The highest BCUT2D eigenvalue weighted by molar-refractivity contribution is 5.16. The molecule has 3 aliphatic heterocycles. The van der Waals surface area contributed by atoms with E-state index in [1.807, 2.05) is 128 Å². The van der Waals surface area contributed by atoms with E-state index in [1.165, 1.54) is 0 Å². The quantitative estimate of drug-likeness (QED) is 0.0851. The van der Waals surface area contributed by atoms with Crippen LogP contribution in [0.1, 0.15) is 29.2 Å². The van der Waals surface area contributed by atoms with Crippen LogP contribution in [0.25, 0.3) is 0 Å². The van der Waals surface area contributed by atoms with Gasteiger partial charge in [0, 0.05) is 0 Å². The van der Waals surface area contributed by atoms with E-state index in [-0.39, 0.29) is 26.4 Å². The average Bonchev–Trinajstić information content (AvgIpc) is 3.29. The van der Waals surface area contributed by atoms with E-state index in [1.54, 1.807) is 0 Å². The van der Waals surface area contributed by atoms with Gasteiger partial charge in [-0.2, -0.15) is 0 Å². The molecular formula is C46H56O15. The summed E-state index contributed by atoms with van der Waals surface area (Å²) in [4.78, 5) is 0. The molecule has 4 aromatic rings. The number of hydrogen-bond acceptors (Lipinski definition) is 15. The third kappa shape index (κ3) is 11.5. The number of rotatable bonds is 18. The average molecular weight is 849 g/mol. The lowest BCUT2D eigenvalue weighted by Gasteiger charge is -2.50. The summed E-state index contributed by atoms with van der Waals surface area (Å²) in [6, 6.07) is 38.1. The van der Waals surface area contributed by atoms with Gasteiger partial charge in [0.05, 0.1) is 45.7 Å². The largest absolute Gasteiger partial charge is 0.394 e. The Labute approximate surface area is 354 Å². The number of benzene rings is 4. The molecule has 6 N–H and O–H groups in total. The van der Waals surface area contributed by atoms with Crippen molar-refractivity contribution in [3.63, 3.8) is 0 Å². The second kappa shape index (κ2) is 22.1. The van der Waals surface area contributed by atoms with Crippen molar-refractivity contribution in [2.24, 2.45) is 0 Å². The lowest BCUT2D eigenvalue weighted by atomic mass is 9.95. The maximum Gasteiger partial charge on any atom is 0.187 e. The first kappa shape index (κ1) is 45.3. The molecule has 3 aliphatic rings. The minimum absolute atomic E-state index is 0.0290. The summed E-state index contributed by atoms with van der Waals surface area (Å²) in [6.07, 6.45) is -19.8. The van der Waals surface area contributed by atoms with Gasteiger partial charge in [-0.05, 0) is 29.2 Å². The standard InChI is InChI=1S/C46H56O15/c1-28-39(53-24-29-14-6-2-7-15-29)42(54-25-30-16-8-3-9-17-30)43(55-26-31-18-10-4-11-19-31)46(57-28)61-41-38(52)44(56-27-32-20-12-5-13-21-32)59-34(23-48)40(41)60-45-37(51)36(50)35(49)33(22-47)58-45/h2-21,28,33-52H,22-27H2,1H3/t28?,33?,34?,35-,36?,37?,38?,39-,40+,41?,42?,43?,44+,45-,46-/m0/s1. The topological polar surface area (TPSA) is 204 Å². The zero-order valence-electron chi connectivity index (χ0n) is 33.8. The van der Waals surface area contributed by atoms with Crippen molar-refractivity contribution in [1.82, 2.24) is 0 Å². The summed E-state index contributed by atoms with van der Waals surface area (Å²) in [5.74, 6) is 0. The zero-order valence-corrected chi connectivity index (χ0v) is 33.8. The van der Waals surface area contributed by atoms with Crippen LogP contribution in [0.3, 0.4) is 0 Å². The summed E-state index contributed by atoms with van der Waals surface area (Å²) >= 11 is 0. The van der Waals surface area contributed by atoms with Gasteiger partial charge in [-0.25, -0.2) is 0 Å². The maximum absolute atomic E-state index is 12.1.